The lowest BCUT2D eigenvalue weighted by atomic mass is 10.3. The summed E-state index contributed by atoms with van der Waals surface area (Å²) >= 11 is 13.4. The molecule has 0 aliphatic carbocycles. The van der Waals surface area contributed by atoms with E-state index in [-0.39, 0.29) is 6.61 Å². The Bertz CT molecular complexity index is 641. The average Bonchev–Trinajstić information content (AvgIpc) is 2.86. The Kier molecular flexibility index (Phi) is 5.75. The quantitative estimate of drug-likeness (QED) is 0.845. The van der Waals surface area contributed by atoms with E-state index in [2.05, 4.69) is 11.8 Å². The van der Waals surface area contributed by atoms with E-state index in [1.54, 1.807) is 29.5 Å². The minimum atomic E-state index is 0.0867. The van der Waals surface area contributed by atoms with Crippen LogP contribution >= 0.6 is 34.5 Å². The van der Waals surface area contributed by atoms with Gasteiger partial charge in [0.1, 0.15) is 12.4 Å². The Balaban J connectivity index is 1.96. The number of rotatable bonds is 4. The first-order valence-electron chi connectivity index (χ1n) is 5.95. The summed E-state index contributed by atoms with van der Waals surface area (Å²) < 4.78 is 5.65. The second-order valence-electron chi connectivity index (χ2n) is 3.90. The Morgan fingerprint density at radius 1 is 1.20 bits per heavy atom. The van der Waals surface area contributed by atoms with Crippen molar-refractivity contribution in [2.24, 2.45) is 0 Å². The van der Waals surface area contributed by atoms with Crippen molar-refractivity contribution in [3.05, 3.63) is 50.1 Å². The van der Waals surface area contributed by atoms with E-state index in [4.69, 9.17) is 33.0 Å². The number of aliphatic hydroxyl groups is 1. The molecule has 0 amide bonds. The number of hydrogen-bond acceptors (Lipinski definition) is 3. The molecule has 0 aliphatic rings. The van der Waals surface area contributed by atoms with Crippen LogP contribution in [0.1, 0.15) is 16.2 Å². The van der Waals surface area contributed by atoms with Crippen molar-refractivity contribution < 1.29 is 9.84 Å². The Labute approximate surface area is 131 Å². The lowest BCUT2D eigenvalue weighted by Gasteiger charge is -2.06. The third kappa shape index (κ3) is 4.43. The maximum Gasteiger partial charge on any atom is 0.138 e. The third-order valence-electron chi connectivity index (χ3n) is 2.37. The van der Waals surface area contributed by atoms with Gasteiger partial charge in [-0.3, -0.25) is 0 Å². The van der Waals surface area contributed by atoms with Crippen LogP contribution in [0.5, 0.6) is 5.75 Å². The summed E-state index contributed by atoms with van der Waals surface area (Å²) in [5.74, 6) is 6.49. The molecule has 2 aromatic rings. The van der Waals surface area contributed by atoms with Crippen LogP contribution in [-0.2, 0) is 6.61 Å². The molecule has 5 heteroatoms. The van der Waals surface area contributed by atoms with E-state index >= 15 is 0 Å². The monoisotopic (exact) mass is 326 g/mol. The summed E-state index contributed by atoms with van der Waals surface area (Å²) in [6.07, 6.45) is 0.490. The number of aliphatic hydroxyl groups excluding tert-OH is 1. The maximum absolute atomic E-state index is 8.66. The summed E-state index contributed by atoms with van der Waals surface area (Å²) in [5.41, 5.74) is 0. The van der Waals surface area contributed by atoms with Crippen LogP contribution in [0, 0.1) is 11.8 Å². The highest BCUT2D eigenvalue weighted by Crippen LogP contribution is 2.28. The van der Waals surface area contributed by atoms with Gasteiger partial charge in [0.15, 0.2) is 0 Å². The van der Waals surface area contributed by atoms with E-state index < -0.39 is 0 Å². The van der Waals surface area contributed by atoms with Crippen molar-refractivity contribution in [1.29, 1.82) is 0 Å². The molecule has 1 N–H and O–H groups in total. The summed E-state index contributed by atoms with van der Waals surface area (Å²) in [4.78, 5) is 2.02. The first kappa shape index (κ1) is 15.2. The molecule has 0 spiro atoms. The van der Waals surface area contributed by atoms with Gasteiger partial charge in [0.2, 0.25) is 0 Å². The molecular formula is C15H12Cl2O2S. The Morgan fingerprint density at radius 2 is 2.05 bits per heavy atom. The minimum absolute atomic E-state index is 0.0867. The number of thiophene rings is 1. The van der Waals surface area contributed by atoms with Crippen LogP contribution in [0.2, 0.25) is 10.0 Å². The normalized spacial score (nSPS) is 9.95. The molecule has 0 fully saturated rings. The van der Waals surface area contributed by atoms with Gasteiger partial charge in [-0.1, -0.05) is 35.0 Å². The van der Waals surface area contributed by atoms with E-state index in [9.17, 15) is 0 Å². The zero-order valence-electron chi connectivity index (χ0n) is 10.5. The molecule has 2 nitrogen and oxygen atoms in total. The molecule has 0 unspecified atom stereocenters. The van der Waals surface area contributed by atoms with Crippen LogP contribution in [-0.4, -0.2) is 11.7 Å². The highest BCUT2D eigenvalue weighted by Gasteiger charge is 2.04. The molecule has 1 aromatic carbocycles. The molecular weight excluding hydrogens is 315 g/mol. The number of ether oxygens (including phenoxy) is 1. The second kappa shape index (κ2) is 7.56. The molecule has 104 valence electrons. The van der Waals surface area contributed by atoms with Crippen LogP contribution in [0.4, 0.5) is 0 Å². The predicted octanol–water partition coefficient (Wildman–Crippen LogP) is 4.37. The average molecular weight is 327 g/mol. The first-order chi connectivity index (χ1) is 9.69. The topological polar surface area (TPSA) is 29.5 Å². The third-order valence-corrected chi connectivity index (χ3v) is 3.88. The van der Waals surface area contributed by atoms with Gasteiger partial charge >= 0.3 is 0 Å². The van der Waals surface area contributed by atoms with Crippen molar-refractivity contribution in [2.45, 2.75) is 13.0 Å². The largest absolute Gasteiger partial charge is 0.487 e. The van der Waals surface area contributed by atoms with Crippen LogP contribution < -0.4 is 4.74 Å². The zero-order chi connectivity index (χ0) is 14.4. The van der Waals surface area contributed by atoms with Gasteiger partial charge in [-0.15, -0.1) is 11.3 Å². The smallest absolute Gasteiger partial charge is 0.138 e. The number of benzene rings is 1. The van der Waals surface area contributed by atoms with Crippen molar-refractivity contribution in [2.75, 3.05) is 6.61 Å². The summed E-state index contributed by atoms with van der Waals surface area (Å²) in [6, 6.07) is 9.05. The summed E-state index contributed by atoms with van der Waals surface area (Å²) in [5, 5.41) is 9.74. The fourth-order valence-corrected chi connectivity index (χ4v) is 2.73. The van der Waals surface area contributed by atoms with Gasteiger partial charge in [0.05, 0.1) is 16.5 Å². The molecule has 0 saturated carbocycles. The van der Waals surface area contributed by atoms with Crippen molar-refractivity contribution in [3.8, 4) is 17.6 Å². The van der Waals surface area contributed by atoms with E-state index in [0.29, 0.717) is 28.8 Å². The lowest BCUT2D eigenvalue weighted by Crippen LogP contribution is -1.93. The van der Waals surface area contributed by atoms with Gasteiger partial charge in [0, 0.05) is 16.3 Å². The zero-order valence-corrected chi connectivity index (χ0v) is 12.9. The fourth-order valence-electron chi connectivity index (χ4n) is 1.47. The van der Waals surface area contributed by atoms with E-state index in [1.165, 1.54) is 0 Å². The Morgan fingerprint density at radius 3 is 2.80 bits per heavy atom. The van der Waals surface area contributed by atoms with E-state index in [1.807, 2.05) is 12.1 Å². The highest BCUT2D eigenvalue weighted by atomic mass is 35.5. The number of hydrogen-bond donors (Lipinski definition) is 1. The van der Waals surface area contributed by atoms with Crippen LogP contribution in [0.3, 0.4) is 0 Å². The van der Waals surface area contributed by atoms with Crippen LogP contribution in [0.15, 0.2) is 30.3 Å². The van der Waals surface area contributed by atoms with Gasteiger partial charge in [0.25, 0.3) is 0 Å². The van der Waals surface area contributed by atoms with Gasteiger partial charge in [-0.25, -0.2) is 0 Å². The summed E-state index contributed by atoms with van der Waals surface area (Å²) in [6.45, 7) is 0.525. The molecule has 1 heterocycles. The van der Waals surface area contributed by atoms with Gasteiger partial charge in [-0.2, -0.15) is 0 Å². The highest BCUT2D eigenvalue weighted by molar-refractivity contribution is 7.12. The fraction of sp³-hybridized carbons (Fsp3) is 0.200. The maximum atomic E-state index is 8.66. The molecule has 2 rings (SSSR count). The van der Waals surface area contributed by atoms with Gasteiger partial charge in [-0.05, 0) is 30.3 Å². The minimum Gasteiger partial charge on any atom is -0.487 e. The van der Waals surface area contributed by atoms with Crippen LogP contribution in [0.25, 0.3) is 0 Å². The lowest BCUT2D eigenvalue weighted by molar-refractivity contribution is 0.305. The van der Waals surface area contributed by atoms with Crippen molar-refractivity contribution in [1.82, 2.24) is 0 Å². The molecule has 0 aliphatic heterocycles. The van der Waals surface area contributed by atoms with Crippen molar-refractivity contribution in [3.63, 3.8) is 0 Å². The molecule has 0 bridgehead atoms. The molecule has 0 saturated heterocycles. The predicted molar refractivity (Wildman–Crippen MR) is 83.7 cm³/mol. The standard InChI is InChI=1S/C15H12Cl2O2S/c16-11-4-7-15(14(17)9-11)19-10-13-6-5-12(20-13)3-1-2-8-18/h4-7,9,18H,2,8,10H2. The molecule has 20 heavy (non-hydrogen) atoms. The molecule has 0 atom stereocenters. The van der Waals surface area contributed by atoms with Crippen molar-refractivity contribution >= 4 is 34.5 Å². The molecule has 1 aromatic heterocycles. The summed E-state index contributed by atoms with van der Waals surface area (Å²) in [7, 11) is 0. The SMILES string of the molecule is OCCC#Cc1ccc(COc2ccc(Cl)cc2Cl)s1. The Hall–Kier alpha value is -1.18. The van der Waals surface area contributed by atoms with Gasteiger partial charge < -0.3 is 9.84 Å². The molecule has 0 radical (unpaired) electrons. The van der Waals surface area contributed by atoms with E-state index in [0.717, 1.165) is 9.75 Å². The second-order valence-corrected chi connectivity index (χ2v) is 5.92. The first-order valence-corrected chi connectivity index (χ1v) is 7.52. The number of halogens is 2.